The summed E-state index contributed by atoms with van der Waals surface area (Å²) in [7, 11) is -3.94. The molecule has 0 aliphatic carbocycles. The Morgan fingerprint density at radius 3 is 2.15 bits per heavy atom. The number of aryl methyl sites for hydroxylation is 5. The van der Waals surface area contributed by atoms with Crippen molar-refractivity contribution in [3.63, 3.8) is 0 Å². The molecule has 0 radical (unpaired) electrons. The number of benzene rings is 3. The van der Waals surface area contributed by atoms with E-state index in [-0.39, 0.29) is 18.0 Å². The monoisotopic (exact) mass is 477 g/mol. The summed E-state index contributed by atoms with van der Waals surface area (Å²) in [5.74, 6) is -0.512. The van der Waals surface area contributed by atoms with Gasteiger partial charge in [-0.1, -0.05) is 77.4 Å². The van der Waals surface area contributed by atoms with Gasteiger partial charge in [-0.2, -0.15) is 9.41 Å². The number of carbonyl (C=O) groups is 1. The molecule has 0 aromatic heterocycles. The van der Waals surface area contributed by atoms with Crippen LogP contribution < -0.4 is 5.43 Å². The number of hydrogen-bond acceptors (Lipinski definition) is 4. The molecule has 1 N–H and O–H groups in total. The van der Waals surface area contributed by atoms with E-state index in [1.165, 1.54) is 10.5 Å². The van der Waals surface area contributed by atoms with Gasteiger partial charge in [-0.3, -0.25) is 4.79 Å². The molecule has 0 saturated carbocycles. The predicted octanol–water partition coefficient (Wildman–Crippen LogP) is 4.57. The predicted molar refractivity (Wildman–Crippen MR) is 136 cm³/mol. The van der Waals surface area contributed by atoms with E-state index in [2.05, 4.69) is 10.5 Å². The molecule has 3 aromatic carbocycles. The summed E-state index contributed by atoms with van der Waals surface area (Å²) in [5.41, 5.74) is 8.56. The van der Waals surface area contributed by atoms with Crippen LogP contribution in [0.25, 0.3) is 0 Å². The molecule has 0 saturated heterocycles. The van der Waals surface area contributed by atoms with Crippen molar-refractivity contribution in [1.82, 2.24) is 9.73 Å². The molecule has 0 aliphatic heterocycles. The van der Waals surface area contributed by atoms with Crippen LogP contribution in [0, 0.1) is 34.6 Å². The van der Waals surface area contributed by atoms with Gasteiger partial charge in [-0.05, 0) is 56.9 Å². The zero-order valence-corrected chi connectivity index (χ0v) is 21.1. The highest BCUT2D eigenvalue weighted by Gasteiger charge is 2.30. The van der Waals surface area contributed by atoms with Gasteiger partial charge in [0.1, 0.15) is 0 Å². The largest absolute Gasteiger partial charge is 0.272 e. The molecule has 0 heterocycles. The van der Waals surface area contributed by atoms with Crippen molar-refractivity contribution in [2.45, 2.75) is 46.1 Å². The van der Waals surface area contributed by atoms with Gasteiger partial charge in [0.25, 0.3) is 5.91 Å². The third-order valence-corrected chi connectivity index (χ3v) is 7.54. The van der Waals surface area contributed by atoms with Crippen molar-refractivity contribution in [3.05, 3.63) is 99.6 Å². The quantitative estimate of drug-likeness (QED) is 0.381. The van der Waals surface area contributed by atoms with Gasteiger partial charge in [0.05, 0.1) is 17.7 Å². The third kappa shape index (κ3) is 6.40. The number of nitrogens with one attached hydrogen (secondary N) is 1. The fourth-order valence-electron chi connectivity index (χ4n) is 3.95. The summed E-state index contributed by atoms with van der Waals surface area (Å²) in [6.07, 6.45) is 1.54. The first-order valence-corrected chi connectivity index (χ1v) is 12.5. The molecule has 1 amide bonds. The van der Waals surface area contributed by atoms with Crippen LogP contribution in [-0.2, 0) is 21.4 Å². The number of hydrogen-bond donors (Lipinski definition) is 1. The standard InChI is InChI=1S/C27H31N3O3S/c1-19-9-11-24(12-10-19)17-30(34(32,33)27-22(4)13-21(3)14-23(27)5)18-26(31)29-28-16-25-8-6-7-20(2)15-25/h6-16H,17-18H2,1-5H3,(H,29,31). The smallest absolute Gasteiger partial charge is 0.255 e. The minimum absolute atomic E-state index is 0.0738. The Labute approximate surface area is 202 Å². The Morgan fingerprint density at radius 1 is 0.882 bits per heavy atom. The SMILES string of the molecule is Cc1ccc(CN(CC(=O)NN=Cc2cccc(C)c2)S(=O)(=O)c2c(C)cc(C)cc2C)cc1. The maximum absolute atomic E-state index is 13.7. The summed E-state index contributed by atoms with van der Waals surface area (Å²) in [4.78, 5) is 13.0. The molecule has 0 bridgehead atoms. The lowest BCUT2D eigenvalue weighted by Gasteiger charge is -2.24. The highest BCUT2D eigenvalue weighted by atomic mass is 32.2. The van der Waals surface area contributed by atoms with Gasteiger partial charge in [0, 0.05) is 6.54 Å². The fourth-order valence-corrected chi connectivity index (χ4v) is 5.75. The first kappa shape index (κ1) is 25.3. The van der Waals surface area contributed by atoms with Crippen LogP contribution in [0.15, 0.2) is 70.7 Å². The molecule has 6 nitrogen and oxygen atoms in total. The summed E-state index contributed by atoms with van der Waals surface area (Å²) < 4.78 is 28.7. The summed E-state index contributed by atoms with van der Waals surface area (Å²) in [6, 6.07) is 19.0. The molecular weight excluding hydrogens is 446 g/mol. The van der Waals surface area contributed by atoms with E-state index in [1.807, 2.05) is 81.4 Å². The number of hydrazone groups is 1. The van der Waals surface area contributed by atoms with Crippen LogP contribution in [-0.4, -0.2) is 31.4 Å². The number of nitrogens with zero attached hydrogens (tertiary/aromatic N) is 2. The van der Waals surface area contributed by atoms with Crippen LogP contribution in [0.5, 0.6) is 0 Å². The van der Waals surface area contributed by atoms with E-state index in [1.54, 1.807) is 13.8 Å². The van der Waals surface area contributed by atoms with Crippen LogP contribution in [0.1, 0.15) is 38.9 Å². The normalized spacial score (nSPS) is 11.8. The van der Waals surface area contributed by atoms with Crippen LogP contribution in [0.2, 0.25) is 0 Å². The Hall–Kier alpha value is -3.29. The lowest BCUT2D eigenvalue weighted by Crippen LogP contribution is -2.39. The Balaban J connectivity index is 1.87. The molecule has 7 heteroatoms. The molecule has 0 spiro atoms. The molecule has 0 atom stereocenters. The van der Waals surface area contributed by atoms with E-state index in [9.17, 15) is 13.2 Å². The van der Waals surface area contributed by atoms with E-state index in [4.69, 9.17) is 0 Å². The van der Waals surface area contributed by atoms with Gasteiger partial charge in [0.15, 0.2) is 0 Å². The molecule has 3 aromatic rings. The number of carbonyl (C=O) groups excluding carboxylic acids is 1. The maximum Gasteiger partial charge on any atom is 0.255 e. The maximum atomic E-state index is 13.7. The van der Waals surface area contributed by atoms with Gasteiger partial charge in [-0.15, -0.1) is 0 Å². The second-order valence-electron chi connectivity index (χ2n) is 8.69. The summed E-state index contributed by atoms with van der Waals surface area (Å²) >= 11 is 0. The highest BCUT2D eigenvalue weighted by Crippen LogP contribution is 2.26. The Bertz CT molecular complexity index is 1290. The van der Waals surface area contributed by atoms with Crippen molar-refractivity contribution < 1.29 is 13.2 Å². The molecular formula is C27H31N3O3S. The fraction of sp³-hybridized carbons (Fsp3) is 0.259. The second kappa shape index (κ2) is 10.8. The van der Waals surface area contributed by atoms with Gasteiger partial charge < -0.3 is 0 Å². The molecule has 0 unspecified atom stereocenters. The molecule has 34 heavy (non-hydrogen) atoms. The zero-order chi connectivity index (χ0) is 24.9. The molecule has 0 fully saturated rings. The Morgan fingerprint density at radius 2 is 1.53 bits per heavy atom. The average molecular weight is 478 g/mol. The van der Waals surface area contributed by atoms with Crippen molar-refractivity contribution in [3.8, 4) is 0 Å². The van der Waals surface area contributed by atoms with Crippen LogP contribution in [0.3, 0.4) is 0 Å². The average Bonchev–Trinajstić information content (AvgIpc) is 2.74. The van der Waals surface area contributed by atoms with Gasteiger partial charge >= 0.3 is 0 Å². The van der Waals surface area contributed by atoms with Gasteiger partial charge in [0.2, 0.25) is 10.0 Å². The van der Waals surface area contributed by atoms with Crippen LogP contribution in [0.4, 0.5) is 0 Å². The first-order valence-electron chi connectivity index (χ1n) is 11.1. The Kier molecular flexibility index (Phi) is 8.02. The van der Waals surface area contributed by atoms with Crippen molar-refractivity contribution >= 4 is 22.1 Å². The lowest BCUT2D eigenvalue weighted by atomic mass is 10.1. The van der Waals surface area contributed by atoms with Crippen molar-refractivity contribution in [1.29, 1.82) is 0 Å². The van der Waals surface area contributed by atoms with Crippen LogP contribution >= 0.6 is 0 Å². The summed E-state index contributed by atoms with van der Waals surface area (Å²) in [5, 5.41) is 4.01. The number of rotatable bonds is 8. The van der Waals surface area contributed by atoms with Crippen molar-refractivity contribution in [2.24, 2.45) is 5.10 Å². The minimum Gasteiger partial charge on any atom is -0.272 e. The number of amides is 1. The molecule has 3 rings (SSSR count). The third-order valence-electron chi connectivity index (χ3n) is 5.45. The highest BCUT2D eigenvalue weighted by molar-refractivity contribution is 7.89. The first-order chi connectivity index (χ1) is 16.1. The van der Waals surface area contributed by atoms with E-state index in [0.29, 0.717) is 11.1 Å². The number of sulfonamides is 1. The second-order valence-corrected chi connectivity index (χ2v) is 10.6. The summed E-state index contributed by atoms with van der Waals surface area (Å²) in [6.45, 7) is 9.15. The van der Waals surface area contributed by atoms with E-state index in [0.717, 1.165) is 27.8 Å². The van der Waals surface area contributed by atoms with Crippen molar-refractivity contribution in [2.75, 3.05) is 6.54 Å². The van der Waals surface area contributed by atoms with E-state index < -0.39 is 15.9 Å². The molecule has 178 valence electrons. The van der Waals surface area contributed by atoms with E-state index >= 15 is 0 Å². The van der Waals surface area contributed by atoms with Gasteiger partial charge in [-0.25, -0.2) is 13.8 Å². The zero-order valence-electron chi connectivity index (χ0n) is 20.3. The topological polar surface area (TPSA) is 78.8 Å². The lowest BCUT2D eigenvalue weighted by molar-refractivity contribution is -0.121. The molecule has 0 aliphatic rings. The minimum atomic E-state index is -3.94.